The second-order valence-corrected chi connectivity index (χ2v) is 12.1. The first-order valence-electron chi connectivity index (χ1n) is 12.2. The lowest BCUT2D eigenvalue weighted by Crippen LogP contribution is -2.39. The second-order valence-electron chi connectivity index (χ2n) is 8.78. The van der Waals surface area contributed by atoms with Crippen LogP contribution in [0.15, 0.2) is 57.5 Å². The lowest BCUT2D eigenvalue weighted by Gasteiger charge is -2.24. The summed E-state index contributed by atoms with van der Waals surface area (Å²) in [7, 11) is 0. The fourth-order valence-corrected chi connectivity index (χ4v) is 7.30. The minimum absolute atomic E-state index is 0.0611. The van der Waals surface area contributed by atoms with Gasteiger partial charge in [-0.15, -0.1) is 0 Å². The van der Waals surface area contributed by atoms with Crippen molar-refractivity contribution in [2.24, 2.45) is 4.99 Å². The molecule has 0 spiro atoms. The summed E-state index contributed by atoms with van der Waals surface area (Å²) >= 11 is 5.82. The van der Waals surface area contributed by atoms with Gasteiger partial charge in [0.1, 0.15) is 11.5 Å². The van der Waals surface area contributed by atoms with E-state index < -0.39 is 12.0 Å². The van der Waals surface area contributed by atoms with Crippen LogP contribution in [0.25, 0.3) is 6.08 Å². The molecule has 0 amide bonds. The number of aromatic nitrogens is 1. The van der Waals surface area contributed by atoms with E-state index in [1.165, 1.54) is 11.3 Å². The quantitative estimate of drug-likeness (QED) is 0.234. The number of fused-ring (bicyclic) bond motifs is 1. The van der Waals surface area contributed by atoms with Gasteiger partial charge >= 0.3 is 5.97 Å². The smallest absolute Gasteiger partial charge is 0.338 e. The lowest BCUT2D eigenvalue weighted by molar-refractivity contribution is -0.139. The van der Waals surface area contributed by atoms with E-state index in [4.69, 9.17) is 14.2 Å². The zero-order chi connectivity index (χ0) is 27.6. The monoisotopic (exact) mass is 758 g/mol. The number of allylic oxidation sites excluding steroid dienone is 1. The van der Waals surface area contributed by atoms with E-state index in [0.29, 0.717) is 27.2 Å². The molecule has 0 aliphatic carbocycles. The molecule has 2 aromatic carbocycles. The van der Waals surface area contributed by atoms with E-state index in [9.17, 15) is 9.59 Å². The van der Waals surface area contributed by atoms with E-state index in [1.807, 2.05) is 63.2 Å². The van der Waals surface area contributed by atoms with E-state index in [2.05, 4.69) is 50.2 Å². The van der Waals surface area contributed by atoms with Crippen molar-refractivity contribution in [3.05, 3.63) is 85.6 Å². The van der Waals surface area contributed by atoms with Crippen molar-refractivity contribution in [3.63, 3.8) is 0 Å². The fourth-order valence-electron chi connectivity index (χ4n) is 4.18. The Morgan fingerprint density at radius 1 is 1.13 bits per heavy atom. The summed E-state index contributed by atoms with van der Waals surface area (Å²) in [6.45, 7) is 10.2. The first kappa shape index (κ1) is 28.8. The van der Waals surface area contributed by atoms with Crippen LogP contribution in [0.1, 0.15) is 51.8 Å². The molecule has 0 fully saturated rings. The largest absolute Gasteiger partial charge is 0.494 e. The average Bonchev–Trinajstić information content (AvgIpc) is 3.15. The van der Waals surface area contributed by atoms with Crippen LogP contribution in [0.2, 0.25) is 0 Å². The number of hydrogen-bond donors (Lipinski definition) is 0. The van der Waals surface area contributed by atoms with Crippen LogP contribution in [0, 0.1) is 7.14 Å². The Morgan fingerprint density at radius 3 is 2.37 bits per heavy atom. The predicted octanol–water partition coefficient (Wildman–Crippen LogP) is 5.19. The summed E-state index contributed by atoms with van der Waals surface area (Å²) in [6, 6.07) is 10.8. The van der Waals surface area contributed by atoms with Gasteiger partial charge in [0.15, 0.2) is 4.80 Å². The van der Waals surface area contributed by atoms with Crippen LogP contribution < -0.4 is 24.4 Å². The van der Waals surface area contributed by atoms with Crippen molar-refractivity contribution >= 4 is 68.6 Å². The first-order chi connectivity index (χ1) is 18.1. The molecule has 2 heterocycles. The second kappa shape index (κ2) is 12.3. The number of ether oxygens (including phenoxy) is 3. The van der Waals surface area contributed by atoms with Crippen LogP contribution in [0.3, 0.4) is 0 Å². The van der Waals surface area contributed by atoms with Gasteiger partial charge in [-0.2, -0.15) is 0 Å². The molecule has 0 radical (unpaired) electrons. The number of rotatable bonds is 8. The van der Waals surface area contributed by atoms with Gasteiger partial charge in [-0.1, -0.05) is 23.5 Å². The molecule has 1 aliphatic heterocycles. The number of carbonyl (C=O) groups is 1. The highest BCUT2D eigenvalue weighted by atomic mass is 127. The summed E-state index contributed by atoms with van der Waals surface area (Å²) in [5.74, 6) is 1.08. The van der Waals surface area contributed by atoms with E-state index in [0.717, 1.165) is 29.8 Å². The maximum atomic E-state index is 13.8. The third-order valence-electron chi connectivity index (χ3n) is 5.70. The van der Waals surface area contributed by atoms with E-state index >= 15 is 0 Å². The van der Waals surface area contributed by atoms with Crippen LogP contribution in [-0.4, -0.2) is 29.9 Å². The fraction of sp³-hybridized carbons (Fsp3) is 0.321. The van der Waals surface area contributed by atoms with Crippen molar-refractivity contribution in [1.29, 1.82) is 0 Å². The topological polar surface area (TPSA) is 79.1 Å². The Morgan fingerprint density at radius 2 is 1.79 bits per heavy atom. The molecule has 7 nitrogen and oxygen atoms in total. The molecule has 0 unspecified atom stereocenters. The van der Waals surface area contributed by atoms with E-state index in [-0.39, 0.29) is 18.3 Å². The number of esters is 1. The van der Waals surface area contributed by atoms with Gasteiger partial charge in [-0.05, 0) is 121 Å². The van der Waals surface area contributed by atoms with Gasteiger partial charge in [0, 0.05) is 0 Å². The molecule has 0 bridgehead atoms. The lowest BCUT2D eigenvalue weighted by atomic mass is 9.96. The third kappa shape index (κ3) is 6.01. The van der Waals surface area contributed by atoms with Crippen LogP contribution >= 0.6 is 56.5 Å². The van der Waals surface area contributed by atoms with Crippen LogP contribution in [0.4, 0.5) is 0 Å². The molecule has 0 saturated heterocycles. The zero-order valence-corrected chi connectivity index (χ0v) is 26.8. The molecule has 0 N–H and O–H groups in total. The maximum Gasteiger partial charge on any atom is 0.338 e. The average molecular weight is 758 g/mol. The molecule has 10 heteroatoms. The molecule has 4 rings (SSSR count). The molecule has 3 aromatic rings. The highest BCUT2D eigenvalue weighted by molar-refractivity contribution is 14.1. The number of halogens is 2. The van der Waals surface area contributed by atoms with Crippen molar-refractivity contribution in [3.8, 4) is 11.5 Å². The first-order valence-corrected chi connectivity index (χ1v) is 15.2. The van der Waals surface area contributed by atoms with Crippen molar-refractivity contribution in [1.82, 2.24) is 4.57 Å². The Kier molecular flexibility index (Phi) is 9.35. The molecule has 1 aromatic heterocycles. The normalized spacial score (nSPS) is 15.4. The van der Waals surface area contributed by atoms with Gasteiger partial charge in [0.25, 0.3) is 5.56 Å². The summed E-state index contributed by atoms with van der Waals surface area (Å²) in [5.41, 5.74) is 2.34. The molecule has 1 aliphatic rings. The van der Waals surface area contributed by atoms with Gasteiger partial charge < -0.3 is 14.2 Å². The maximum absolute atomic E-state index is 13.8. The highest BCUT2D eigenvalue weighted by Crippen LogP contribution is 2.32. The van der Waals surface area contributed by atoms with Gasteiger partial charge in [0.05, 0.1) is 48.3 Å². The standard InChI is InChI=1S/C28H28I2N2O5S/c1-6-35-19-10-8-18(9-11-19)24-23(27(34)36-7-2)16(5)31-28-32(24)26(33)22(38-28)14-17-12-20(29)25(21(30)13-17)37-15(3)4/h8-15,24H,6-7H2,1-5H3/b22-14-/t24-/m0/s1. The SMILES string of the molecule is CCOC(=O)C1=C(C)N=c2s/c(=C\c3cc(I)c(OC(C)C)c(I)c3)c(=O)n2[C@H]1c1ccc(OCC)cc1. The molecular weight excluding hydrogens is 730 g/mol. The summed E-state index contributed by atoms with van der Waals surface area (Å²) in [5, 5.41) is 0. The van der Waals surface area contributed by atoms with Crippen LogP contribution in [-0.2, 0) is 9.53 Å². The van der Waals surface area contributed by atoms with Crippen molar-refractivity contribution < 1.29 is 19.0 Å². The van der Waals surface area contributed by atoms with Gasteiger partial charge in [0.2, 0.25) is 0 Å². The molecule has 38 heavy (non-hydrogen) atoms. The van der Waals surface area contributed by atoms with Crippen LogP contribution in [0.5, 0.6) is 11.5 Å². The minimum Gasteiger partial charge on any atom is -0.494 e. The minimum atomic E-state index is -0.662. The highest BCUT2D eigenvalue weighted by Gasteiger charge is 2.33. The summed E-state index contributed by atoms with van der Waals surface area (Å²) < 4.78 is 21.0. The number of carbonyl (C=O) groups excluding carboxylic acids is 1. The Labute approximate surface area is 252 Å². The predicted molar refractivity (Wildman–Crippen MR) is 166 cm³/mol. The third-order valence-corrected chi connectivity index (χ3v) is 8.28. The Hall–Kier alpha value is -2.19. The Bertz CT molecular complexity index is 1550. The van der Waals surface area contributed by atoms with Crippen molar-refractivity contribution in [2.75, 3.05) is 13.2 Å². The zero-order valence-electron chi connectivity index (χ0n) is 21.7. The van der Waals surface area contributed by atoms with Crippen molar-refractivity contribution in [2.45, 2.75) is 46.8 Å². The molecule has 0 saturated carbocycles. The van der Waals surface area contributed by atoms with Gasteiger partial charge in [-0.25, -0.2) is 9.79 Å². The van der Waals surface area contributed by atoms with E-state index in [1.54, 1.807) is 18.4 Å². The number of benzene rings is 2. The molecule has 1 atom stereocenters. The molecule has 200 valence electrons. The number of nitrogens with zero attached hydrogens (tertiary/aromatic N) is 2. The summed E-state index contributed by atoms with van der Waals surface area (Å²) in [6.07, 6.45) is 1.93. The summed E-state index contributed by atoms with van der Waals surface area (Å²) in [4.78, 5) is 32.1. The Balaban J connectivity index is 1.88. The van der Waals surface area contributed by atoms with Gasteiger partial charge in [-0.3, -0.25) is 9.36 Å². The number of hydrogen-bond acceptors (Lipinski definition) is 7. The molecular formula is C28H28I2N2O5S. The number of thiazole rings is 1.